The van der Waals surface area contributed by atoms with E-state index in [2.05, 4.69) is 0 Å². The van der Waals surface area contributed by atoms with Gasteiger partial charge >= 0.3 is 0 Å². The fourth-order valence-corrected chi connectivity index (χ4v) is 0.940. The summed E-state index contributed by atoms with van der Waals surface area (Å²) in [5, 5.41) is 45.2. The molecular weight excluding hydrogens is 208 g/mol. The van der Waals surface area contributed by atoms with Crippen molar-refractivity contribution < 1.29 is 35.1 Å². The Morgan fingerprint density at radius 1 is 1.40 bits per heavy atom. The number of aliphatic hydroxyl groups excluding tert-OH is 4. The van der Waals surface area contributed by atoms with Crippen molar-refractivity contribution in [1.82, 2.24) is 0 Å². The van der Waals surface area contributed by atoms with Crippen LogP contribution < -0.4 is 0 Å². The fraction of sp³-hybridized carbons (Fsp3) is 0.750. The molecule has 0 heterocycles. The highest BCUT2D eigenvalue weighted by Crippen LogP contribution is 2.15. The van der Waals surface area contributed by atoms with E-state index in [-0.39, 0.29) is 6.29 Å². The Labute approximate surface area is 85.6 Å². The van der Waals surface area contributed by atoms with Crippen molar-refractivity contribution in [2.45, 2.75) is 30.8 Å². The monoisotopic (exact) mass is 222 g/mol. The van der Waals surface area contributed by atoms with E-state index in [9.17, 15) is 24.9 Å². The fourth-order valence-electron chi connectivity index (χ4n) is 0.940. The van der Waals surface area contributed by atoms with E-state index in [1.165, 1.54) is 0 Å². The quantitative estimate of drug-likeness (QED) is 0.233. The van der Waals surface area contributed by atoms with Gasteiger partial charge in [-0.05, 0) is 6.92 Å². The van der Waals surface area contributed by atoms with Crippen LogP contribution >= 0.6 is 0 Å². The summed E-state index contributed by atoms with van der Waals surface area (Å²) in [4.78, 5) is 21.3. The third-order valence-electron chi connectivity index (χ3n) is 2.10. The lowest BCUT2D eigenvalue weighted by Crippen LogP contribution is -2.58. The van der Waals surface area contributed by atoms with Crippen molar-refractivity contribution in [2.24, 2.45) is 0 Å². The predicted octanol–water partition coefficient (Wildman–Crippen LogP) is -3.42. The van der Waals surface area contributed by atoms with Gasteiger partial charge in [-0.2, -0.15) is 0 Å². The molecule has 0 unspecified atom stereocenters. The van der Waals surface area contributed by atoms with E-state index in [1.54, 1.807) is 0 Å². The summed E-state index contributed by atoms with van der Waals surface area (Å²) >= 11 is 0. The van der Waals surface area contributed by atoms with E-state index in [0.717, 1.165) is 6.92 Å². The maximum Gasteiger partial charge on any atom is 0.206 e. The van der Waals surface area contributed by atoms with Crippen LogP contribution in [0.3, 0.4) is 0 Å². The van der Waals surface area contributed by atoms with Gasteiger partial charge < -0.3 is 25.5 Å². The molecule has 0 amide bonds. The van der Waals surface area contributed by atoms with E-state index in [1.807, 2.05) is 0 Å². The highest BCUT2D eigenvalue weighted by Gasteiger charge is 2.46. The molecule has 0 aromatic heterocycles. The Hall–Kier alpha value is -0.860. The lowest BCUT2D eigenvalue weighted by Gasteiger charge is -2.30. The van der Waals surface area contributed by atoms with Gasteiger partial charge in [0.05, 0.1) is 6.61 Å². The first kappa shape index (κ1) is 14.1. The zero-order chi connectivity index (χ0) is 12.2. The number of carbonyl (C=O) groups is 2. The van der Waals surface area contributed by atoms with E-state index < -0.39 is 36.3 Å². The van der Waals surface area contributed by atoms with Crippen molar-refractivity contribution in [3.8, 4) is 0 Å². The third kappa shape index (κ3) is 2.80. The molecule has 0 aliphatic carbocycles. The number of rotatable bonds is 6. The lowest BCUT2D eigenvalue weighted by atomic mass is 9.88. The highest BCUT2D eigenvalue weighted by molar-refractivity contribution is 6.00. The molecule has 7 nitrogen and oxygen atoms in total. The summed E-state index contributed by atoms with van der Waals surface area (Å²) in [5.41, 5.74) is -2.78. The first-order chi connectivity index (χ1) is 6.81. The van der Waals surface area contributed by atoms with Crippen molar-refractivity contribution in [1.29, 1.82) is 0 Å². The smallest absolute Gasteiger partial charge is 0.206 e. The van der Waals surface area contributed by atoms with Gasteiger partial charge in [-0.1, -0.05) is 0 Å². The number of Topliss-reactive ketones (excluding diaryl/α,β-unsaturated/α-hetero) is 1. The maximum atomic E-state index is 10.9. The normalized spacial score (nSPS) is 21.2. The molecule has 0 aromatic carbocycles. The van der Waals surface area contributed by atoms with Crippen molar-refractivity contribution in [3.05, 3.63) is 0 Å². The summed E-state index contributed by atoms with van der Waals surface area (Å²) in [6, 6.07) is 0. The summed E-state index contributed by atoms with van der Waals surface area (Å²) in [6.45, 7) is -0.0409. The van der Waals surface area contributed by atoms with Crippen LogP contribution in [-0.2, 0) is 9.59 Å². The van der Waals surface area contributed by atoms with Crippen LogP contribution in [0.2, 0.25) is 0 Å². The molecule has 0 saturated heterocycles. The van der Waals surface area contributed by atoms with Gasteiger partial charge in [0, 0.05) is 0 Å². The second kappa shape index (κ2) is 5.29. The van der Waals surface area contributed by atoms with Crippen molar-refractivity contribution in [2.75, 3.05) is 6.61 Å². The van der Waals surface area contributed by atoms with E-state index >= 15 is 0 Å². The molecule has 0 bridgehead atoms. The minimum Gasteiger partial charge on any atom is -0.394 e. The summed E-state index contributed by atoms with van der Waals surface area (Å²) in [7, 11) is 0. The van der Waals surface area contributed by atoms with Crippen LogP contribution in [0.1, 0.15) is 6.92 Å². The largest absolute Gasteiger partial charge is 0.394 e. The summed E-state index contributed by atoms with van der Waals surface area (Å²) in [5.74, 6) is -1.07. The van der Waals surface area contributed by atoms with Crippen LogP contribution in [0.15, 0.2) is 0 Å². The molecule has 0 aliphatic rings. The van der Waals surface area contributed by atoms with Crippen LogP contribution in [0.5, 0.6) is 0 Å². The molecule has 7 heteroatoms. The predicted molar refractivity (Wildman–Crippen MR) is 46.8 cm³/mol. The Morgan fingerprint density at radius 3 is 2.13 bits per heavy atom. The molecule has 5 N–H and O–H groups in total. The SMILES string of the molecule is CC(=O)[C@](O)(C=O)[C@@H](O)[C@H](O)[C@H](O)CO. The van der Waals surface area contributed by atoms with Gasteiger partial charge in [-0.3, -0.25) is 9.59 Å². The van der Waals surface area contributed by atoms with Gasteiger partial charge in [0.15, 0.2) is 12.1 Å². The average molecular weight is 222 g/mol. The van der Waals surface area contributed by atoms with E-state index in [4.69, 9.17) is 10.2 Å². The number of ketones is 1. The van der Waals surface area contributed by atoms with E-state index in [0.29, 0.717) is 0 Å². The molecule has 0 rings (SSSR count). The van der Waals surface area contributed by atoms with Crippen molar-refractivity contribution in [3.63, 3.8) is 0 Å². The Bertz CT molecular complexity index is 241. The standard InChI is InChI=1S/C8H14O7/c1-4(11)8(15,3-10)7(14)6(13)5(12)2-9/h3,5-7,9,12-15H,2H2,1H3/t5-,6-,7+,8-/m1/s1. The molecule has 88 valence electrons. The second-order valence-corrected chi connectivity index (χ2v) is 3.18. The molecule has 15 heavy (non-hydrogen) atoms. The third-order valence-corrected chi connectivity index (χ3v) is 2.10. The van der Waals surface area contributed by atoms with Gasteiger partial charge in [0.2, 0.25) is 5.60 Å². The molecule has 0 aliphatic heterocycles. The lowest BCUT2D eigenvalue weighted by molar-refractivity contribution is -0.173. The number of aldehydes is 1. The Kier molecular flexibility index (Phi) is 4.98. The Balaban J connectivity index is 4.87. The molecular formula is C8H14O7. The molecule has 0 radical (unpaired) electrons. The summed E-state index contributed by atoms with van der Waals surface area (Å²) < 4.78 is 0. The van der Waals surface area contributed by atoms with Crippen molar-refractivity contribution >= 4 is 12.1 Å². The topological polar surface area (TPSA) is 135 Å². The number of hydrogen-bond acceptors (Lipinski definition) is 7. The molecule has 4 atom stereocenters. The number of aliphatic hydroxyl groups is 5. The molecule has 0 fully saturated rings. The zero-order valence-corrected chi connectivity index (χ0v) is 8.07. The molecule has 0 aromatic rings. The van der Waals surface area contributed by atoms with Crippen LogP contribution in [0.25, 0.3) is 0 Å². The van der Waals surface area contributed by atoms with Crippen LogP contribution in [0.4, 0.5) is 0 Å². The number of carbonyl (C=O) groups excluding carboxylic acids is 2. The zero-order valence-electron chi connectivity index (χ0n) is 8.07. The minimum atomic E-state index is -2.78. The molecule has 0 spiro atoms. The number of hydrogen-bond donors (Lipinski definition) is 5. The first-order valence-electron chi connectivity index (χ1n) is 4.16. The first-order valence-corrected chi connectivity index (χ1v) is 4.16. The van der Waals surface area contributed by atoms with Gasteiger partial charge in [0.25, 0.3) is 0 Å². The van der Waals surface area contributed by atoms with Crippen LogP contribution in [-0.4, -0.2) is 68.1 Å². The maximum absolute atomic E-state index is 10.9. The van der Waals surface area contributed by atoms with Crippen LogP contribution in [0, 0.1) is 0 Å². The second-order valence-electron chi connectivity index (χ2n) is 3.18. The summed E-state index contributed by atoms with van der Waals surface area (Å²) in [6.07, 6.45) is -6.19. The van der Waals surface area contributed by atoms with Gasteiger partial charge in [-0.25, -0.2) is 0 Å². The van der Waals surface area contributed by atoms with Gasteiger partial charge in [-0.15, -0.1) is 0 Å². The average Bonchev–Trinajstić information content (AvgIpc) is 2.24. The minimum absolute atomic E-state index is 0.229. The van der Waals surface area contributed by atoms with Gasteiger partial charge in [0.1, 0.15) is 18.3 Å². The Morgan fingerprint density at radius 2 is 1.87 bits per heavy atom. The highest BCUT2D eigenvalue weighted by atomic mass is 16.4. The molecule has 0 saturated carbocycles.